The number of aromatic nitrogens is 5. The van der Waals surface area contributed by atoms with Crippen LogP contribution in [-0.4, -0.2) is 30.3 Å². The predicted molar refractivity (Wildman–Crippen MR) is 108 cm³/mol. The topological polar surface area (TPSA) is 77.1 Å². The summed E-state index contributed by atoms with van der Waals surface area (Å²) in [5.74, 6) is -0.277. The third-order valence-corrected chi connectivity index (χ3v) is 4.75. The lowest BCUT2D eigenvalue weighted by atomic mass is 10.1. The van der Waals surface area contributed by atoms with Crippen molar-refractivity contribution in [3.05, 3.63) is 76.9 Å². The molecule has 30 heavy (non-hydrogen) atoms. The molecule has 0 unspecified atom stereocenters. The largest absolute Gasteiger partial charge is 0.364 e. The van der Waals surface area contributed by atoms with E-state index in [1.807, 2.05) is 31.2 Å². The van der Waals surface area contributed by atoms with Crippen molar-refractivity contribution in [3.8, 4) is 0 Å². The molecule has 10 heteroatoms. The van der Waals surface area contributed by atoms with Crippen LogP contribution in [0.25, 0.3) is 5.65 Å². The molecule has 0 fully saturated rings. The number of anilines is 1. The fourth-order valence-electron chi connectivity index (χ4n) is 3.07. The van der Waals surface area contributed by atoms with Crippen molar-refractivity contribution in [2.24, 2.45) is 0 Å². The van der Waals surface area contributed by atoms with Gasteiger partial charge in [-0.3, -0.25) is 9.48 Å². The van der Waals surface area contributed by atoms with Crippen molar-refractivity contribution in [1.29, 1.82) is 0 Å². The van der Waals surface area contributed by atoms with Gasteiger partial charge in [-0.05, 0) is 42.6 Å². The molecule has 0 saturated carbocycles. The summed E-state index contributed by atoms with van der Waals surface area (Å²) in [7, 11) is 0. The number of carbonyl (C=O) groups excluding carboxylic acids is 1. The van der Waals surface area contributed by atoms with Crippen LogP contribution in [0.5, 0.6) is 0 Å². The first kappa shape index (κ1) is 20.0. The van der Waals surface area contributed by atoms with Crippen molar-refractivity contribution in [3.63, 3.8) is 0 Å². The van der Waals surface area contributed by atoms with E-state index in [4.69, 9.17) is 11.6 Å². The van der Waals surface area contributed by atoms with E-state index in [1.165, 1.54) is 6.07 Å². The fraction of sp³-hybridized carbons (Fsp3) is 0.200. The normalized spacial score (nSPS) is 11.8. The maximum Gasteiger partial charge on any atom is 0.364 e. The van der Waals surface area contributed by atoms with E-state index in [0.717, 1.165) is 21.7 Å². The quantitative estimate of drug-likeness (QED) is 0.483. The Morgan fingerprint density at radius 2 is 1.93 bits per heavy atom. The van der Waals surface area contributed by atoms with Gasteiger partial charge in [-0.25, -0.2) is 9.50 Å². The van der Waals surface area contributed by atoms with Crippen LogP contribution in [0.15, 0.2) is 48.7 Å². The molecule has 154 valence electrons. The molecule has 0 spiro atoms. The second-order valence-corrected chi connectivity index (χ2v) is 7.33. The maximum atomic E-state index is 13.7. The van der Waals surface area contributed by atoms with E-state index < -0.39 is 17.0 Å². The van der Waals surface area contributed by atoms with Gasteiger partial charge in [0.2, 0.25) is 0 Å². The molecule has 0 saturated heterocycles. The van der Waals surface area contributed by atoms with Crippen LogP contribution in [0.4, 0.5) is 14.6 Å². The molecule has 0 radical (unpaired) electrons. The Bertz CT molecular complexity index is 1240. The highest BCUT2D eigenvalue weighted by atomic mass is 35.5. The predicted octanol–water partition coefficient (Wildman–Crippen LogP) is 4.13. The number of halogens is 3. The van der Waals surface area contributed by atoms with Gasteiger partial charge >= 0.3 is 5.38 Å². The first-order chi connectivity index (χ1) is 14.2. The van der Waals surface area contributed by atoms with Crippen LogP contribution in [0, 0.1) is 13.8 Å². The van der Waals surface area contributed by atoms with Gasteiger partial charge in [0.25, 0.3) is 5.91 Å². The number of benzene rings is 1. The molecule has 4 rings (SSSR count). The molecular formula is C20H17ClF2N6O. The molecule has 0 bridgehead atoms. The van der Waals surface area contributed by atoms with Crippen LogP contribution >= 0.6 is 11.6 Å². The second-order valence-electron chi connectivity index (χ2n) is 6.86. The summed E-state index contributed by atoms with van der Waals surface area (Å²) in [5, 5.41) is 7.24. The number of hydrogen-bond acceptors (Lipinski definition) is 4. The molecule has 0 aliphatic carbocycles. The molecule has 1 amide bonds. The Balaban J connectivity index is 1.55. The highest BCUT2D eigenvalue weighted by Gasteiger charge is 2.32. The average Bonchev–Trinajstić information content (AvgIpc) is 3.28. The van der Waals surface area contributed by atoms with Crippen molar-refractivity contribution in [2.45, 2.75) is 25.8 Å². The lowest BCUT2D eigenvalue weighted by Crippen LogP contribution is -2.15. The molecule has 7 nitrogen and oxygen atoms in total. The van der Waals surface area contributed by atoms with E-state index in [2.05, 4.69) is 20.5 Å². The Labute approximate surface area is 175 Å². The monoisotopic (exact) mass is 430 g/mol. The van der Waals surface area contributed by atoms with E-state index >= 15 is 0 Å². The third-order valence-electron chi connectivity index (χ3n) is 4.55. The molecular weight excluding hydrogens is 414 g/mol. The number of nitrogens with zero attached hydrogens (tertiary/aromatic N) is 5. The zero-order valence-electron chi connectivity index (χ0n) is 16.1. The summed E-state index contributed by atoms with van der Waals surface area (Å²) in [6.45, 7) is 4.12. The van der Waals surface area contributed by atoms with Gasteiger partial charge < -0.3 is 5.32 Å². The average molecular weight is 431 g/mol. The van der Waals surface area contributed by atoms with Crippen molar-refractivity contribution < 1.29 is 13.6 Å². The highest BCUT2D eigenvalue weighted by Crippen LogP contribution is 2.32. The molecule has 1 N–H and O–H groups in total. The fourth-order valence-corrected chi connectivity index (χ4v) is 3.21. The Morgan fingerprint density at radius 3 is 2.67 bits per heavy atom. The Morgan fingerprint density at radius 1 is 1.17 bits per heavy atom. The number of fused-ring (bicyclic) bond motifs is 1. The Kier molecular flexibility index (Phi) is 4.98. The van der Waals surface area contributed by atoms with Gasteiger partial charge in [0.15, 0.2) is 17.2 Å². The minimum atomic E-state index is -3.65. The van der Waals surface area contributed by atoms with Gasteiger partial charge in [-0.15, -0.1) is 0 Å². The molecule has 1 aromatic carbocycles. The lowest BCUT2D eigenvalue weighted by Gasteiger charge is -2.10. The maximum absolute atomic E-state index is 13.7. The van der Waals surface area contributed by atoms with E-state index in [0.29, 0.717) is 18.1 Å². The summed E-state index contributed by atoms with van der Waals surface area (Å²) < 4.78 is 30.0. The van der Waals surface area contributed by atoms with Crippen LogP contribution in [-0.2, 0) is 11.9 Å². The molecule has 4 aromatic rings. The number of carbonyl (C=O) groups is 1. The van der Waals surface area contributed by atoms with Gasteiger partial charge in [-0.1, -0.05) is 24.3 Å². The number of amides is 1. The summed E-state index contributed by atoms with van der Waals surface area (Å²) in [4.78, 5) is 16.7. The number of nitrogens with one attached hydrogen (secondary N) is 1. The Hall–Kier alpha value is -3.33. The van der Waals surface area contributed by atoms with Gasteiger partial charge in [-0.2, -0.15) is 19.0 Å². The second kappa shape index (κ2) is 7.49. The summed E-state index contributed by atoms with van der Waals surface area (Å²) in [6, 6.07) is 12.0. The van der Waals surface area contributed by atoms with Gasteiger partial charge in [0.1, 0.15) is 5.69 Å². The standard InChI is InChI=1S/C20H17ClF2N6O/c1-12-5-3-4-6-14(12)11-28-8-7-17(27-28)25-19(30)15-10-18-24-13(2)9-16(20(21,22)23)29(18)26-15/h3-10H,11H2,1-2H3,(H,25,27,30). The van der Waals surface area contributed by atoms with Crippen molar-refractivity contribution in [2.75, 3.05) is 5.32 Å². The van der Waals surface area contributed by atoms with E-state index in [1.54, 1.807) is 23.9 Å². The SMILES string of the molecule is Cc1cc(C(F)(F)Cl)n2nc(C(=O)Nc3ccn(Cc4ccccc4C)n3)cc2n1. The van der Waals surface area contributed by atoms with Gasteiger partial charge in [0, 0.05) is 24.0 Å². The molecule has 3 aromatic heterocycles. The molecule has 0 atom stereocenters. The summed E-state index contributed by atoms with van der Waals surface area (Å²) in [5.41, 5.74) is 2.03. The minimum Gasteiger partial charge on any atom is -0.304 e. The highest BCUT2D eigenvalue weighted by molar-refractivity contribution is 6.21. The number of rotatable bonds is 5. The van der Waals surface area contributed by atoms with Gasteiger partial charge in [0.05, 0.1) is 6.54 Å². The zero-order chi connectivity index (χ0) is 21.5. The zero-order valence-corrected chi connectivity index (χ0v) is 16.9. The van der Waals surface area contributed by atoms with Crippen LogP contribution in [0.2, 0.25) is 0 Å². The first-order valence-corrected chi connectivity index (χ1v) is 9.42. The molecule has 3 heterocycles. The number of aryl methyl sites for hydroxylation is 2. The minimum absolute atomic E-state index is 0.0799. The lowest BCUT2D eigenvalue weighted by molar-refractivity contribution is 0.0868. The molecule has 0 aliphatic heterocycles. The summed E-state index contributed by atoms with van der Waals surface area (Å²) in [6.07, 6.45) is 1.74. The van der Waals surface area contributed by atoms with Crippen molar-refractivity contribution >= 4 is 29.0 Å². The number of alkyl halides is 3. The van der Waals surface area contributed by atoms with E-state index in [-0.39, 0.29) is 11.3 Å². The van der Waals surface area contributed by atoms with Crippen LogP contribution in [0.3, 0.4) is 0 Å². The third kappa shape index (κ3) is 4.02. The van der Waals surface area contributed by atoms with Crippen LogP contribution in [0.1, 0.15) is 33.0 Å². The van der Waals surface area contributed by atoms with E-state index in [9.17, 15) is 13.6 Å². The first-order valence-electron chi connectivity index (χ1n) is 9.04. The smallest absolute Gasteiger partial charge is 0.304 e. The summed E-state index contributed by atoms with van der Waals surface area (Å²) >= 11 is 5.17. The van der Waals surface area contributed by atoms with Crippen LogP contribution < -0.4 is 5.32 Å². The number of hydrogen-bond donors (Lipinski definition) is 1. The molecule has 0 aliphatic rings. The van der Waals surface area contributed by atoms with Crippen molar-refractivity contribution in [1.82, 2.24) is 24.4 Å².